The average molecular weight is 625 g/mol. The van der Waals surface area contributed by atoms with E-state index < -0.39 is 30.4 Å². The van der Waals surface area contributed by atoms with Gasteiger partial charge in [-0.3, -0.25) is 14.2 Å². The van der Waals surface area contributed by atoms with E-state index in [1.54, 1.807) is 18.2 Å². The van der Waals surface area contributed by atoms with Crippen molar-refractivity contribution in [2.45, 2.75) is 69.2 Å². The van der Waals surface area contributed by atoms with E-state index in [4.69, 9.17) is 26.8 Å². The number of carbonyl (C=O) groups excluding carboxylic acids is 2. The number of hydrogen-bond donors (Lipinski definition) is 5. The zero-order valence-electron chi connectivity index (χ0n) is 24.4. The molecule has 4 atom stereocenters. The van der Waals surface area contributed by atoms with Crippen molar-refractivity contribution in [2.75, 3.05) is 19.0 Å². The van der Waals surface area contributed by atoms with E-state index in [1.807, 2.05) is 0 Å². The van der Waals surface area contributed by atoms with Crippen molar-refractivity contribution in [1.29, 1.82) is 0 Å². The number of hydrogen-bond acceptors (Lipinski definition) is 10. The van der Waals surface area contributed by atoms with E-state index >= 15 is 0 Å². The van der Waals surface area contributed by atoms with Gasteiger partial charge in [-0.25, -0.2) is 15.0 Å². The van der Waals surface area contributed by atoms with Gasteiger partial charge in [0.1, 0.15) is 18.2 Å². The van der Waals surface area contributed by atoms with Gasteiger partial charge in [0.15, 0.2) is 35.9 Å². The Balaban J connectivity index is 1.02. The second-order valence-electron chi connectivity index (χ2n) is 12.6. The number of aliphatic hydroxyl groups excluding tert-OH is 1. The third kappa shape index (κ3) is 5.35. The summed E-state index contributed by atoms with van der Waals surface area (Å²) in [6.07, 6.45) is 6.00. The SMILES string of the molecule is CNC(=O)[C@H]1O[C@@H](n2cnc3c(NCc4cc(Cl)ccc4OCC(=O)NC4C5CC6CC(C5)CC4C6)ncnc32)[C@H](O)[C@@H]1N. The molecule has 13 nitrogen and oxygen atoms in total. The number of fused-ring (bicyclic) bond motifs is 1. The number of rotatable bonds is 9. The highest BCUT2D eigenvalue weighted by Gasteiger charge is 2.49. The number of aliphatic hydroxyl groups is 1. The Morgan fingerprint density at radius 1 is 1.14 bits per heavy atom. The second kappa shape index (κ2) is 11.8. The summed E-state index contributed by atoms with van der Waals surface area (Å²) in [4.78, 5) is 38.3. The van der Waals surface area contributed by atoms with Crippen molar-refractivity contribution in [1.82, 2.24) is 30.2 Å². The Morgan fingerprint density at radius 2 is 1.89 bits per heavy atom. The summed E-state index contributed by atoms with van der Waals surface area (Å²) in [6, 6.07) is 4.59. The van der Waals surface area contributed by atoms with Crippen LogP contribution in [0.15, 0.2) is 30.9 Å². The van der Waals surface area contributed by atoms with Crippen LogP contribution in [0.3, 0.4) is 0 Å². The zero-order chi connectivity index (χ0) is 30.5. The highest BCUT2D eigenvalue weighted by molar-refractivity contribution is 6.30. The molecule has 2 aromatic heterocycles. The Bertz CT molecular complexity index is 1540. The number of amides is 2. The molecule has 1 aromatic carbocycles. The van der Waals surface area contributed by atoms with Crippen LogP contribution in [0.4, 0.5) is 5.82 Å². The fourth-order valence-corrected chi connectivity index (χ4v) is 8.20. The number of imidazole rings is 1. The predicted octanol–water partition coefficient (Wildman–Crippen LogP) is 1.74. The smallest absolute Gasteiger partial charge is 0.258 e. The maximum Gasteiger partial charge on any atom is 0.258 e. The van der Waals surface area contributed by atoms with E-state index in [0.717, 1.165) is 17.4 Å². The summed E-state index contributed by atoms with van der Waals surface area (Å²) < 4.78 is 13.3. The minimum atomic E-state index is -1.16. The molecule has 4 saturated carbocycles. The third-order valence-corrected chi connectivity index (χ3v) is 10.1. The van der Waals surface area contributed by atoms with Crippen LogP contribution in [0.1, 0.15) is 43.9 Å². The van der Waals surface area contributed by atoms with Crippen LogP contribution >= 0.6 is 11.6 Å². The quantitative estimate of drug-likeness (QED) is 0.235. The Hall–Kier alpha value is -3.52. The summed E-state index contributed by atoms with van der Waals surface area (Å²) in [5.41, 5.74) is 7.62. The molecule has 44 heavy (non-hydrogen) atoms. The maximum atomic E-state index is 13.0. The van der Waals surface area contributed by atoms with Crippen molar-refractivity contribution < 1.29 is 24.2 Å². The van der Waals surface area contributed by atoms with Gasteiger partial charge in [-0.1, -0.05) is 11.6 Å². The molecule has 234 valence electrons. The van der Waals surface area contributed by atoms with Crippen LogP contribution in [0.25, 0.3) is 11.2 Å². The molecule has 8 rings (SSSR count). The van der Waals surface area contributed by atoms with Crippen molar-refractivity contribution in [3.05, 3.63) is 41.4 Å². The topological polar surface area (TPSA) is 179 Å². The lowest BCUT2D eigenvalue weighted by Crippen LogP contribution is -2.56. The lowest BCUT2D eigenvalue weighted by molar-refractivity contribution is -0.134. The number of benzene rings is 1. The first-order chi connectivity index (χ1) is 21.3. The summed E-state index contributed by atoms with van der Waals surface area (Å²) in [5, 5.41) is 20.3. The fourth-order valence-electron chi connectivity index (χ4n) is 8.00. The van der Waals surface area contributed by atoms with Gasteiger partial charge in [-0.15, -0.1) is 0 Å². The molecule has 6 N–H and O–H groups in total. The molecule has 3 aromatic rings. The first kappa shape index (κ1) is 29.2. The normalized spacial score (nSPS) is 32.1. The van der Waals surface area contributed by atoms with Crippen molar-refractivity contribution >= 4 is 40.4 Å². The van der Waals surface area contributed by atoms with Crippen LogP contribution in [0, 0.1) is 23.7 Å². The molecule has 4 bridgehead atoms. The van der Waals surface area contributed by atoms with Crippen LogP contribution < -0.4 is 26.4 Å². The molecule has 5 aliphatic rings. The number of likely N-dealkylation sites (N-methyl/N-ethyl adjacent to an activating group) is 1. The summed E-state index contributed by atoms with van der Waals surface area (Å²) in [6.45, 7) is 0.195. The number of nitrogens with one attached hydrogen (secondary N) is 3. The first-order valence-electron chi connectivity index (χ1n) is 15.2. The minimum absolute atomic E-state index is 0.0809. The van der Waals surface area contributed by atoms with Gasteiger partial charge in [0.05, 0.1) is 12.4 Å². The number of carbonyl (C=O) groups is 2. The number of nitrogens with two attached hydrogens (primary N) is 1. The standard InChI is InChI=1S/C30H37ClN8O5/c1-33-29(42)26-22(32)25(41)30(44-26)39-13-37-24-27(35-12-36-28(24)39)34-10-18-9-19(31)2-3-20(18)43-11-21(40)38-23-16-5-14-4-15(7-16)8-17(23)6-14/h2-3,9,12-17,22-23,25-26,30,41H,4-8,10-11,32H2,1H3,(H,33,42)(H,38,40)(H,34,35,36)/t14?,15?,16?,17?,22-,23?,25+,26-,30+/m0/s1. The monoisotopic (exact) mass is 624 g/mol. The van der Waals surface area contributed by atoms with Gasteiger partial charge in [-0.05, 0) is 74.0 Å². The maximum absolute atomic E-state index is 13.0. The molecular weight excluding hydrogens is 588 g/mol. The number of aromatic nitrogens is 4. The van der Waals surface area contributed by atoms with Crippen LogP contribution in [0.5, 0.6) is 5.75 Å². The van der Waals surface area contributed by atoms with Crippen molar-refractivity contribution in [3.63, 3.8) is 0 Å². The van der Waals surface area contributed by atoms with Gasteiger partial charge in [0.2, 0.25) is 0 Å². The Morgan fingerprint density at radius 3 is 2.61 bits per heavy atom. The van der Waals surface area contributed by atoms with Gasteiger partial charge >= 0.3 is 0 Å². The number of nitrogens with zero attached hydrogens (tertiary/aromatic N) is 4. The third-order valence-electron chi connectivity index (χ3n) is 9.84. The van der Waals surface area contributed by atoms with Gasteiger partial charge in [0, 0.05) is 30.2 Å². The molecular formula is C30H37ClN8O5. The predicted molar refractivity (Wildman–Crippen MR) is 161 cm³/mol. The largest absolute Gasteiger partial charge is 0.483 e. The molecule has 14 heteroatoms. The minimum Gasteiger partial charge on any atom is -0.483 e. The van der Waals surface area contributed by atoms with Gasteiger partial charge in [0.25, 0.3) is 11.8 Å². The van der Waals surface area contributed by atoms with Crippen molar-refractivity contribution in [2.24, 2.45) is 29.4 Å². The lowest BCUT2D eigenvalue weighted by atomic mass is 9.54. The van der Waals surface area contributed by atoms with E-state index in [2.05, 4.69) is 30.9 Å². The van der Waals surface area contributed by atoms with Crippen molar-refractivity contribution in [3.8, 4) is 5.75 Å². The molecule has 0 unspecified atom stereocenters. The van der Waals surface area contributed by atoms with E-state index in [1.165, 1.54) is 56.4 Å². The average Bonchev–Trinajstić information content (AvgIpc) is 3.57. The molecule has 3 heterocycles. The molecule has 2 amide bonds. The highest BCUT2D eigenvalue weighted by atomic mass is 35.5. The number of anilines is 1. The van der Waals surface area contributed by atoms with Gasteiger partial charge < -0.3 is 36.3 Å². The molecule has 0 spiro atoms. The number of halogens is 1. The van der Waals surface area contributed by atoms with Crippen LogP contribution in [-0.2, 0) is 20.9 Å². The fraction of sp³-hybridized carbons (Fsp3) is 0.567. The zero-order valence-corrected chi connectivity index (χ0v) is 25.1. The Labute approximate surface area is 259 Å². The molecule has 5 fully saturated rings. The molecule has 1 saturated heterocycles. The summed E-state index contributed by atoms with van der Waals surface area (Å²) in [7, 11) is 1.48. The van der Waals surface area contributed by atoms with E-state index in [-0.39, 0.29) is 25.1 Å². The summed E-state index contributed by atoms with van der Waals surface area (Å²) in [5.74, 6) is 3.32. The highest BCUT2D eigenvalue weighted by Crippen LogP contribution is 2.53. The van der Waals surface area contributed by atoms with Crippen LogP contribution in [-0.4, -0.2) is 74.4 Å². The van der Waals surface area contributed by atoms with E-state index in [9.17, 15) is 14.7 Å². The van der Waals surface area contributed by atoms with E-state index in [0.29, 0.717) is 39.6 Å². The Kier molecular flexibility index (Phi) is 7.81. The second-order valence-corrected chi connectivity index (χ2v) is 13.0. The molecule has 0 radical (unpaired) electrons. The number of ether oxygens (including phenoxy) is 2. The summed E-state index contributed by atoms with van der Waals surface area (Å²) >= 11 is 6.32. The molecule has 1 aliphatic heterocycles. The molecule has 4 aliphatic carbocycles. The first-order valence-corrected chi connectivity index (χ1v) is 15.6. The van der Waals surface area contributed by atoms with Crippen LogP contribution in [0.2, 0.25) is 5.02 Å². The van der Waals surface area contributed by atoms with Gasteiger partial charge in [-0.2, -0.15) is 0 Å². The lowest BCUT2D eigenvalue weighted by Gasteiger charge is -2.54.